The van der Waals surface area contributed by atoms with Crippen LogP contribution in [0, 0.1) is 12.3 Å². The second-order valence-electron chi connectivity index (χ2n) is 2.31. The molecule has 0 amide bonds. The first-order valence-corrected chi connectivity index (χ1v) is 3.69. The number of thiol groups is 1. The van der Waals surface area contributed by atoms with Crippen molar-refractivity contribution >= 4 is 18.3 Å². The van der Waals surface area contributed by atoms with Crippen molar-refractivity contribution in [1.29, 1.82) is 0 Å². The van der Waals surface area contributed by atoms with Crippen molar-refractivity contribution in [2.75, 3.05) is 5.73 Å². The lowest BCUT2D eigenvalue weighted by atomic mass is 10.1. The van der Waals surface area contributed by atoms with Crippen LogP contribution in [-0.2, 0) is 6.42 Å². The van der Waals surface area contributed by atoms with Crippen LogP contribution >= 0.6 is 12.6 Å². The Hall–Kier alpha value is -1.07. The largest absolute Gasteiger partial charge is 0.399 e. The van der Waals surface area contributed by atoms with Gasteiger partial charge in [0.05, 0.1) is 0 Å². The monoisotopic (exact) mass is 163 g/mol. The highest BCUT2D eigenvalue weighted by Gasteiger charge is 1.93. The molecule has 0 aliphatic heterocycles. The van der Waals surface area contributed by atoms with Crippen LogP contribution in [-0.4, -0.2) is 0 Å². The van der Waals surface area contributed by atoms with Gasteiger partial charge in [-0.3, -0.25) is 0 Å². The lowest BCUT2D eigenvalue weighted by molar-refractivity contribution is 1.28. The molecule has 2 N–H and O–H groups in total. The number of nitrogens with two attached hydrogens (primary N) is 1. The molecule has 1 rings (SSSR count). The highest BCUT2D eigenvalue weighted by molar-refractivity contribution is 7.80. The minimum Gasteiger partial charge on any atom is -0.399 e. The molecule has 0 unspecified atom stereocenters. The number of hydrogen-bond acceptors (Lipinski definition) is 2. The first kappa shape index (κ1) is 8.03. The Bertz CT molecular complexity index is 279. The molecule has 0 saturated carbocycles. The molecular weight excluding hydrogens is 154 g/mol. The average molecular weight is 163 g/mol. The number of anilines is 1. The predicted octanol–water partition coefficient (Wildman–Crippen LogP) is 1.73. The minimum absolute atomic E-state index is 0.610. The van der Waals surface area contributed by atoms with E-state index in [-0.39, 0.29) is 0 Å². The van der Waals surface area contributed by atoms with Gasteiger partial charge in [-0.2, -0.15) is 0 Å². The zero-order chi connectivity index (χ0) is 8.27. The van der Waals surface area contributed by atoms with Gasteiger partial charge in [0.2, 0.25) is 0 Å². The second kappa shape index (κ2) is 3.36. The average Bonchev–Trinajstić information content (AvgIpc) is 1.85. The van der Waals surface area contributed by atoms with Crippen molar-refractivity contribution in [2.45, 2.75) is 11.3 Å². The van der Waals surface area contributed by atoms with Gasteiger partial charge in [-0.1, -0.05) is 0 Å². The van der Waals surface area contributed by atoms with Crippen LogP contribution in [0.2, 0.25) is 0 Å². The molecule has 2 heteroatoms. The van der Waals surface area contributed by atoms with Crippen LogP contribution in [0.15, 0.2) is 23.1 Å². The van der Waals surface area contributed by atoms with Gasteiger partial charge in [-0.25, -0.2) is 0 Å². The number of nitrogen functional groups attached to an aromatic ring is 1. The highest BCUT2D eigenvalue weighted by Crippen LogP contribution is 2.14. The third-order valence-electron chi connectivity index (χ3n) is 1.31. The van der Waals surface area contributed by atoms with E-state index in [1.54, 1.807) is 6.07 Å². The van der Waals surface area contributed by atoms with Gasteiger partial charge in [-0.15, -0.1) is 25.0 Å². The van der Waals surface area contributed by atoms with Gasteiger partial charge in [0.25, 0.3) is 0 Å². The first-order valence-electron chi connectivity index (χ1n) is 3.24. The lowest BCUT2D eigenvalue weighted by Crippen LogP contribution is -1.88. The van der Waals surface area contributed by atoms with Gasteiger partial charge in [0.15, 0.2) is 0 Å². The Labute approximate surface area is 72.0 Å². The van der Waals surface area contributed by atoms with Crippen molar-refractivity contribution in [3.8, 4) is 12.3 Å². The maximum atomic E-state index is 5.57. The molecular formula is C9H9NS. The summed E-state index contributed by atoms with van der Waals surface area (Å²) in [7, 11) is 0. The summed E-state index contributed by atoms with van der Waals surface area (Å²) in [5.41, 5.74) is 7.32. The van der Waals surface area contributed by atoms with E-state index < -0.39 is 0 Å². The molecule has 11 heavy (non-hydrogen) atoms. The minimum atomic E-state index is 0.610. The molecule has 1 nitrogen and oxygen atoms in total. The standard InChI is InChI=1S/C9H9NS/c1-2-3-7-4-8(10)6-9(11)5-7/h1,4-6,11H,3,10H2. The Balaban J connectivity index is 3.01. The normalized spacial score (nSPS) is 9.09. The molecule has 0 aliphatic rings. The SMILES string of the molecule is C#CCc1cc(N)cc(S)c1. The zero-order valence-corrected chi connectivity index (χ0v) is 6.94. The first-order chi connectivity index (χ1) is 5.22. The molecule has 0 spiro atoms. The summed E-state index contributed by atoms with van der Waals surface area (Å²) in [5.74, 6) is 2.55. The molecule has 56 valence electrons. The smallest absolute Gasteiger partial charge is 0.0338 e. The van der Waals surface area contributed by atoms with Gasteiger partial charge in [0, 0.05) is 17.0 Å². The van der Waals surface area contributed by atoms with E-state index in [0.29, 0.717) is 12.1 Å². The molecule has 0 heterocycles. The molecule has 0 fully saturated rings. The van der Waals surface area contributed by atoms with Crippen LogP contribution in [0.4, 0.5) is 5.69 Å². The molecule has 0 bridgehead atoms. The summed E-state index contributed by atoms with van der Waals surface area (Å²) in [6.07, 6.45) is 5.75. The summed E-state index contributed by atoms with van der Waals surface area (Å²) < 4.78 is 0. The maximum Gasteiger partial charge on any atom is 0.0338 e. The van der Waals surface area contributed by atoms with E-state index >= 15 is 0 Å². The third kappa shape index (κ3) is 2.21. The molecule has 0 aromatic heterocycles. The van der Waals surface area contributed by atoms with Crippen LogP contribution in [0.25, 0.3) is 0 Å². The fraction of sp³-hybridized carbons (Fsp3) is 0.111. The van der Waals surface area contributed by atoms with Crippen molar-refractivity contribution in [2.24, 2.45) is 0 Å². The van der Waals surface area contributed by atoms with E-state index in [4.69, 9.17) is 12.2 Å². The summed E-state index contributed by atoms with van der Waals surface area (Å²) in [6, 6.07) is 5.57. The molecule has 1 aromatic carbocycles. The van der Waals surface area contributed by atoms with Crippen LogP contribution in [0.3, 0.4) is 0 Å². The molecule has 0 saturated heterocycles. The van der Waals surface area contributed by atoms with Crippen molar-refractivity contribution < 1.29 is 0 Å². The topological polar surface area (TPSA) is 26.0 Å². The van der Waals surface area contributed by atoms with Crippen LogP contribution in [0.1, 0.15) is 5.56 Å². The third-order valence-corrected chi connectivity index (χ3v) is 1.56. The van der Waals surface area contributed by atoms with Gasteiger partial charge in [-0.05, 0) is 23.8 Å². The quantitative estimate of drug-likeness (QED) is 0.368. The number of hydrogen-bond donors (Lipinski definition) is 2. The highest BCUT2D eigenvalue weighted by atomic mass is 32.1. The second-order valence-corrected chi connectivity index (χ2v) is 2.83. The molecule has 1 aromatic rings. The van der Waals surface area contributed by atoms with Crippen molar-refractivity contribution in [3.63, 3.8) is 0 Å². The Morgan fingerprint density at radius 1 is 1.45 bits per heavy atom. The lowest BCUT2D eigenvalue weighted by Gasteiger charge is -1.99. The van der Waals surface area contributed by atoms with Gasteiger partial charge in [0.1, 0.15) is 0 Å². The predicted molar refractivity (Wildman–Crippen MR) is 50.6 cm³/mol. The zero-order valence-electron chi connectivity index (χ0n) is 6.04. The van der Waals surface area contributed by atoms with E-state index in [9.17, 15) is 0 Å². The van der Waals surface area contributed by atoms with Crippen LogP contribution in [0.5, 0.6) is 0 Å². The molecule has 0 atom stereocenters. The number of rotatable bonds is 1. The van der Waals surface area contributed by atoms with Gasteiger partial charge >= 0.3 is 0 Å². The van der Waals surface area contributed by atoms with E-state index in [2.05, 4.69) is 18.5 Å². The summed E-state index contributed by atoms with van der Waals surface area (Å²) >= 11 is 4.17. The fourth-order valence-corrected chi connectivity index (χ4v) is 1.23. The Morgan fingerprint density at radius 2 is 2.18 bits per heavy atom. The fourth-order valence-electron chi connectivity index (χ4n) is 0.920. The van der Waals surface area contributed by atoms with Crippen molar-refractivity contribution in [1.82, 2.24) is 0 Å². The number of benzene rings is 1. The van der Waals surface area contributed by atoms with E-state index in [1.165, 1.54) is 0 Å². The number of terminal acetylenes is 1. The Morgan fingerprint density at radius 3 is 2.73 bits per heavy atom. The maximum absolute atomic E-state index is 5.57. The van der Waals surface area contributed by atoms with Gasteiger partial charge < -0.3 is 5.73 Å². The molecule has 0 radical (unpaired) electrons. The van der Waals surface area contributed by atoms with Crippen LogP contribution < -0.4 is 5.73 Å². The summed E-state index contributed by atoms with van der Waals surface area (Å²) in [4.78, 5) is 0.857. The van der Waals surface area contributed by atoms with E-state index in [0.717, 1.165) is 10.5 Å². The Kier molecular flexibility index (Phi) is 2.45. The van der Waals surface area contributed by atoms with Crippen molar-refractivity contribution in [3.05, 3.63) is 23.8 Å². The van der Waals surface area contributed by atoms with E-state index in [1.807, 2.05) is 12.1 Å². The molecule has 0 aliphatic carbocycles. The summed E-state index contributed by atoms with van der Waals surface area (Å²) in [5, 5.41) is 0. The summed E-state index contributed by atoms with van der Waals surface area (Å²) in [6.45, 7) is 0.